The van der Waals surface area contributed by atoms with Crippen LogP contribution in [0.1, 0.15) is 37.8 Å². The van der Waals surface area contributed by atoms with E-state index in [1.54, 1.807) is 0 Å². The SMILES string of the molecule is CCc1cccc(CC(=O)NC(C)CCCO)c1. The molecule has 0 aromatic heterocycles. The van der Waals surface area contributed by atoms with Crippen LogP contribution in [-0.2, 0) is 17.6 Å². The van der Waals surface area contributed by atoms with Crippen molar-refractivity contribution in [2.75, 3.05) is 6.61 Å². The number of aliphatic hydroxyl groups excluding tert-OH is 1. The minimum atomic E-state index is 0.0497. The van der Waals surface area contributed by atoms with Gasteiger partial charge in [0.2, 0.25) is 5.91 Å². The van der Waals surface area contributed by atoms with Crippen LogP contribution in [0, 0.1) is 0 Å². The fraction of sp³-hybridized carbons (Fsp3) is 0.533. The van der Waals surface area contributed by atoms with Crippen LogP contribution in [0.4, 0.5) is 0 Å². The van der Waals surface area contributed by atoms with E-state index < -0.39 is 0 Å². The number of aliphatic hydroxyl groups is 1. The van der Waals surface area contributed by atoms with Crippen molar-refractivity contribution in [2.24, 2.45) is 0 Å². The maximum atomic E-state index is 11.8. The lowest BCUT2D eigenvalue weighted by molar-refractivity contribution is -0.121. The van der Waals surface area contributed by atoms with Gasteiger partial charge in [0, 0.05) is 12.6 Å². The molecule has 0 bridgehead atoms. The smallest absolute Gasteiger partial charge is 0.224 e. The van der Waals surface area contributed by atoms with E-state index in [9.17, 15) is 4.79 Å². The summed E-state index contributed by atoms with van der Waals surface area (Å²) in [6, 6.07) is 8.26. The molecule has 1 aromatic carbocycles. The summed E-state index contributed by atoms with van der Waals surface area (Å²) < 4.78 is 0. The third-order valence-corrected chi connectivity index (χ3v) is 2.97. The van der Waals surface area contributed by atoms with E-state index in [0.29, 0.717) is 6.42 Å². The maximum absolute atomic E-state index is 11.8. The van der Waals surface area contributed by atoms with E-state index in [1.165, 1.54) is 5.56 Å². The van der Waals surface area contributed by atoms with Gasteiger partial charge in [-0.3, -0.25) is 4.79 Å². The van der Waals surface area contributed by atoms with E-state index in [4.69, 9.17) is 5.11 Å². The summed E-state index contributed by atoms with van der Waals surface area (Å²) in [5, 5.41) is 11.7. The Morgan fingerprint density at radius 2 is 2.11 bits per heavy atom. The molecule has 1 unspecified atom stereocenters. The van der Waals surface area contributed by atoms with Crippen LogP contribution in [0.15, 0.2) is 24.3 Å². The highest BCUT2D eigenvalue weighted by Crippen LogP contribution is 2.07. The molecule has 0 spiro atoms. The molecule has 2 N–H and O–H groups in total. The van der Waals surface area contributed by atoms with Crippen LogP contribution in [0.3, 0.4) is 0 Å². The Kier molecular flexibility index (Phi) is 6.44. The number of carbonyl (C=O) groups excluding carboxylic acids is 1. The van der Waals surface area contributed by atoms with E-state index >= 15 is 0 Å². The van der Waals surface area contributed by atoms with Crippen molar-refractivity contribution in [1.29, 1.82) is 0 Å². The summed E-state index contributed by atoms with van der Waals surface area (Å²) in [5.41, 5.74) is 2.31. The molecular weight excluding hydrogens is 226 g/mol. The fourth-order valence-corrected chi connectivity index (χ4v) is 1.94. The van der Waals surface area contributed by atoms with Gasteiger partial charge in [-0.25, -0.2) is 0 Å². The lowest BCUT2D eigenvalue weighted by Gasteiger charge is -2.13. The van der Waals surface area contributed by atoms with Crippen molar-refractivity contribution in [3.8, 4) is 0 Å². The van der Waals surface area contributed by atoms with Crippen molar-refractivity contribution < 1.29 is 9.90 Å². The molecule has 3 nitrogen and oxygen atoms in total. The third-order valence-electron chi connectivity index (χ3n) is 2.97. The van der Waals surface area contributed by atoms with Crippen LogP contribution in [-0.4, -0.2) is 23.7 Å². The number of benzene rings is 1. The highest BCUT2D eigenvalue weighted by Gasteiger charge is 2.08. The Bertz CT molecular complexity index is 377. The molecule has 0 heterocycles. The van der Waals surface area contributed by atoms with E-state index in [2.05, 4.69) is 24.4 Å². The minimum Gasteiger partial charge on any atom is -0.396 e. The van der Waals surface area contributed by atoms with Crippen molar-refractivity contribution in [3.63, 3.8) is 0 Å². The standard InChI is InChI=1S/C15H23NO2/c1-3-13-7-4-8-14(10-13)11-15(18)16-12(2)6-5-9-17/h4,7-8,10,12,17H,3,5-6,9,11H2,1-2H3,(H,16,18). The first-order valence-electron chi connectivity index (χ1n) is 6.63. The normalized spacial score (nSPS) is 12.2. The van der Waals surface area contributed by atoms with Crippen molar-refractivity contribution >= 4 is 5.91 Å². The summed E-state index contributed by atoms with van der Waals surface area (Å²) in [6.45, 7) is 4.25. The quantitative estimate of drug-likeness (QED) is 0.777. The maximum Gasteiger partial charge on any atom is 0.224 e. The van der Waals surface area contributed by atoms with Crippen LogP contribution in [0.5, 0.6) is 0 Å². The molecule has 0 radical (unpaired) electrons. The summed E-state index contributed by atoms with van der Waals surface area (Å²) in [6.07, 6.45) is 2.96. The number of nitrogens with one attached hydrogen (secondary N) is 1. The average molecular weight is 249 g/mol. The van der Waals surface area contributed by atoms with Gasteiger partial charge >= 0.3 is 0 Å². The van der Waals surface area contributed by atoms with Gasteiger partial charge in [0.1, 0.15) is 0 Å². The van der Waals surface area contributed by atoms with Gasteiger partial charge in [0.15, 0.2) is 0 Å². The molecule has 3 heteroatoms. The molecule has 0 aliphatic carbocycles. The monoisotopic (exact) mass is 249 g/mol. The first kappa shape index (κ1) is 14.7. The number of carbonyl (C=O) groups is 1. The summed E-state index contributed by atoms with van der Waals surface area (Å²) in [5.74, 6) is 0.0497. The summed E-state index contributed by atoms with van der Waals surface area (Å²) in [4.78, 5) is 11.8. The van der Waals surface area contributed by atoms with E-state index in [1.807, 2.05) is 19.1 Å². The van der Waals surface area contributed by atoms with Crippen molar-refractivity contribution in [3.05, 3.63) is 35.4 Å². The first-order chi connectivity index (χ1) is 8.65. The molecule has 1 rings (SSSR count). The van der Waals surface area contributed by atoms with Gasteiger partial charge in [0.05, 0.1) is 6.42 Å². The second-order valence-corrected chi connectivity index (χ2v) is 4.68. The van der Waals surface area contributed by atoms with Crippen molar-refractivity contribution in [1.82, 2.24) is 5.32 Å². The van der Waals surface area contributed by atoms with Crippen LogP contribution in [0.25, 0.3) is 0 Å². The minimum absolute atomic E-state index is 0.0497. The number of amides is 1. The molecule has 1 aromatic rings. The van der Waals surface area contributed by atoms with Gasteiger partial charge in [-0.1, -0.05) is 31.2 Å². The Morgan fingerprint density at radius 1 is 1.39 bits per heavy atom. The second-order valence-electron chi connectivity index (χ2n) is 4.68. The predicted molar refractivity (Wildman–Crippen MR) is 73.4 cm³/mol. The van der Waals surface area contributed by atoms with Crippen LogP contribution < -0.4 is 5.32 Å². The Hall–Kier alpha value is -1.35. The second kappa shape index (κ2) is 7.88. The molecule has 0 fully saturated rings. The molecule has 1 atom stereocenters. The number of aryl methyl sites for hydroxylation is 1. The number of rotatable bonds is 7. The molecule has 1 amide bonds. The van der Waals surface area contributed by atoms with Gasteiger partial charge < -0.3 is 10.4 Å². The highest BCUT2D eigenvalue weighted by atomic mass is 16.2. The molecule has 100 valence electrons. The van der Waals surface area contributed by atoms with E-state index in [0.717, 1.165) is 24.8 Å². The fourth-order valence-electron chi connectivity index (χ4n) is 1.94. The molecule has 0 aliphatic heterocycles. The average Bonchev–Trinajstić information content (AvgIpc) is 2.36. The Balaban J connectivity index is 2.43. The van der Waals surface area contributed by atoms with Crippen molar-refractivity contribution in [2.45, 2.75) is 45.6 Å². The Morgan fingerprint density at radius 3 is 2.78 bits per heavy atom. The molecule has 18 heavy (non-hydrogen) atoms. The largest absolute Gasteiger partial charge is 0.396 e. The van der Waals surface area contributed by atoms with Gasteiger partial charge in [-0.15, -0.1) is 0 Å². The number of hydrogen-bond donors (Lipinski definition) is 2. The highest BCUT2D eigenvalue weighted by molar-refractivity contribution is 5.78. The molecular formula is C15H23NO2. The summed E-state index contributed by atoms with van der Waals surface area (Å²) in [7, 11) is 0. The van der Waals surface area contributed by atoms with Gasteiger partial charge in [0.25, 0.3) is 0 Å². The van der Waals surface area contributed by atoms with Gasteiger partial charge in [-0.05, 0) is 37.3 Å². The predicted octanol–water partition coefficient (Wildman–Crippen LogP) is 2.07. The molecule has 0 saturated heterocycles. The third kappa shape index (κ3) is 5.32. The van der Waals surface area contributed by atoms with Crippen LogP contribution in [0.2, 0.25) is 0 Å². The lowest BCUT2D eigenvalue weighted by Crippen LogP contribution is -2.33. The lowest BCUT2D eigenvalue weighted by atomic mass is 10.1. The molecule has 0 aliphatic rings. The van der Waals surface area contributed by atoms with Crippen LogP contribution >= 0.6 is 0 Å². The van der Waals surface area contributed by atoms with E-state index in [-0.39, 0.29) is 18.6 Å². The Labute approximate surface area is 109 Å². The molecule has 0 saturated carbocycles. The zero-order chi connectivity index (χ0) is 13.4. The van der Waals surface area contributed by atoms with Gasteiger partial charge in [-0.2, -0.15) is 0 Å². The topological polar surface area (TPSA) is 49.3 Å². The zero-order valence-electron chi connectivity index (χ0n) is 11.3. The summed E-state index contributed by atoms with van der Waals surface area (Å²) >= 11 is 0. The first-order valence-corrected chi connectivity index (χ1v) is 6.63. The zero-order valence-corrected chi connectivity index (χ0v) is 11.3. The number of hydrogen-bond acceptors (Lipinski definition) is 2.